The second-order valence-corrected chi connectivity index (χ2v) is 9.67. The van der Waals surface area contributed by atoms with Crippen LogP contribution in [-0.2, 0) is 16.0 Å². The summed E-state index contributed by atoms with van der Waals surface area (Å²) in [7, 11) is 0. The Morgan fingerprint density at radius 2 is 1.74 bits per heavy atom. The Bertz CT molecular complexity index is 1250. The van der Waals surface area contributed by atoms with Crippen molar-refractivity contribution in [1.82, 2.24) is 14.8 Å². The van der Waals surface area contributed by atoms with Crippen LogP contribution >= 0.6 is 0 Å². The molecule has 3 heterocycles. The van der Waals surface area contributed by atoms with Crippen molar-refractivity contribution in [3.05, 3.63) is 70.6 Å². The van der Waals surface area contributed by atoms with E-state index in [1.807, 2.05) is 23.1 Å². The molecule has 0 radical (unpaired) electrons. The zero-order valence-electron chi connectivity index (χ0n) is 18.9. The number of carbonyl (C=O) groups excluding carboxylic acids is 2. The summed E-state index contributed by atoms with van der Waals surface area (Å²) < 4.78 is 0. The second kappa shape index (κ2) is 8.23. The average Bonchev–Trinajstić information content (AvgIpc) is 3.24. The van der Waals surface area contributed by atoms with Crippen LogP contribution in [0.15, 0.2) is 48.5 Å². The van der Waals surface area contributed by atoms with Crippen molar-refractivity contribution in [2.45, 2.75) is 56.7 Å². The lowest BCUT2D eigenvalue weighted by Gasteiger charge is -2.49. The topological polar surface area (TPSA) is 104 Å². The predicted octanol–water partition coefficient (Wildman–Crippen LogP) is 2.59. The zero-order chi connectivity index (χ0) is 23.4. The highest BCUT2D eigenvalue weighted by molar-refractivity contribution is 5.97. The number of benzene rings is 2. The number of hydrogen-bond acceptors (Lipinski definition) is 4. The number of fused-ring (bicyclic) bond motifs is 4. The first kappa shape index (κ1) is 21.3. The van der Waals surface area contributed by atoms with Gasteiger partial charge < -0.3 is 20.0 Å². The lowest BCUT2D eigenvalue weighted by Crippen LogP contribution is -2.99. The van der Waals surface area contributed by atoms with Crippen LogP contribution in [0.4, 0.5) is 5.69 Å². The average molecular weight is 461 g/mol. The first-order valence-corrected chi connectivity index (χ1v) is 12.1. The third-order valence-corrected chi connectivity index (χ3v) is 7.78. The molecule has 3 N–H and O–H groups in total. The minimum atomic E-state index is -0.994. The van der Waals surface area contributed by atoms with Gasteiger partial charge in [-0.1, -0.05) is 49.6 Å². The number of piperazine rings is 1. The fourth-order valence-electron chi connectivity index (χ4n) is 6.14. The minimum absolute atomic E-state index is 0.0367. The lowest BCUT2D eigenvalue weighted by molar-refractivity contribution is -0.991. The van der Waals surface area contributed by atoms with Gasteiger partial charge in [0.2, 0.25) is 11.8 Å². The van der Waals surface area contributed by atoms with Crippen molar-refractivity contribution in [3.8, 4) is 0 Å². The van der Waals surface area contributed by atoms with E-state index in [1.54, 1.807) is 29.2 Å². The van der Waals surface area contributed by atoms with Crippen molar-refractivity contribution < 1.29 is 20.0 Å². The van der Waals surface area contributed by atoms with Gasteiger partial charge in [0, 0.05) is 41.2 Å². The van der Waals surface area contributed by atoms with Gasteiger partial charge in [0.25, 0.3) is 0 Å². The molecule has 34 heavy (non-hydrogen) atoms. The maximum atomic E-state index is 13.8. The van der Waals surface area contributed by atoms with E-state index in [9.17, 15) is 20.0 Å². The molecular formula is C26H28N4O4. The Kier molecular flexibility index (Phi) is 5.17. The molecule has 6 rings (SSSR count). The molecule has 176 valence electrons. The highest BCUT2D eigenvalue weighted by Crippen LogP contribution is 2.43. The number of aromatic amines is 1. The molecule has 3 aliphatic rings. The summed E-state index contributed by atoms with van der Waals surface area (Å²) in [6, 6.07) is 13.8. The fraction of sp³-hybridized carbons (Fsp3) is 0.385. The number of rotatable bonds is 3. The van der Waals surface area contributed by atoms with Gasteiger partial charge in [-0.3, -0.25) is 9.59 Å². The van der Waals surface area contributed by atoms with Crippen LogP contribution in [-0.4, -0.2) is 50.4 Å². The van der Waals surface area contributed by atoms with Crippen molar-refractivity contribution in [3.63, 3.8) is 0 Å². The smallest absolute Gasteiger partial charge is 0.246 e. The van der Waals surface area contributed by atoms with E-state index in [0.29, 0.717) is 6.42 Å². The number of aromatic nitrogens is 1. The van der Waals surface area contributed by atoms with Gasteiger partial charge in [-0.25, -0.2) is 5.21 Å². The summed E-state index contributed by atoms with van der Waals surface area (Å²) in [6.45, 7) is 0.110. The molecule has 3 aromatic rings. The Hall–Kier alpha value is -3.20. The number of carbonyl (C=O) groups is 2. The maximum Gasteiger partial charge on any atom is 0.246 e. The van der Waals surface area contributed by atoms with Gasteiger partial charge in [0.15, 0.2) is 5.69 Å². The van der Waals surface area contributed by atoms with Crippen LogP contribution in [0.2, 0.25) is 0 Å². The van der Waals surface area contributed by atoms with Crippen LogP contribution in [0.25, 0.3) is 10.9 Å². The van der Waals surface area contributed by atoms with E-state index in [4.69, 9.17) is 0 Å². The predicted molar refractivity (Wildman–Crippen MR) is 125 cm³/mol. The Labute approximate surface area is 197 Å². The normalized spacial score (nSPS) is 24.3. The summed E-state index contributed by atoms with van der Waals surface area (Å²) in [5.74, 6) is -0.0126. The summed E-state index contributed by atoms with van der Waals surface area (Å²) in [5.41, 5.74) is 3.94. The molecule has 2 amide bonds. The van der Waals surface area contributed by atoms with Crippen LogP contribution in [0, 0.1) is 5.21 Å². The standard InChI is InChI=1S/C26H28N4O4/c31-23-15-28(17-6-2-1-3-7-17)26(32)22-14-20-19-8-4-5-9-21(19)27-24(20)25(29(22)23)16-10-12-18(13-11-16)30(33)34/h4-5,8-13,17,22,25,27,30,33H,1-3,6-7,14-15H2/t22-,25?/m0/s1. The van der Waals surface area contributed by atoms with E-state index in [1.165, 1.54) is 6.42 Å². The van der Waals surface area contributed by atoms with E-state index in [0.717, 1.165) is 53.4 Å². The molecule has 8 heteroatoms. The van der Waals surface area contributed by atoms with Crippen LogP contribution in [0.1, 0.15) is 55.0 Å². The van der Waals surface area contributed by atoms with Crippen LogP contribution in [0.3, 0.4) is 0 Å². The molecule has 2 aliphatic heterocycles. The van der Waals surface area contributed by atoms with Crippen molar-refractivity contribution in [2.75, 3.05) is 6.54 Å². The Balaban J connectivity index is 1.46. The molecule has 8 nitrogen and oxygen atoms in total. The third kappa shape index (κ3) is 3.33. The van der Waals surface area contributed by atoms with Gasteiger partial charge in [0.05, 0.1) is 6.04 Å². The van der Waals surface area contributed by atoms with Crippen molar-refractivity contribution in [2.24, 2.45) is 0 Å². The molecule has 2 fully saturated rings. The Morgan fingerprint density at radius 1 is 1.00 bits per heavy atom. The summed E-state index contributed by atoms with van der Waals surface area (Å²) in [5, 5.41) is 20.8. The van der Waals surface area contributed by atoms with Gasteiger partial charge in [0.1, 0.15) is 12.6 Å². The van der Waals surface area contributed by atoms with Crippen molar-refractivity contribution in [1.29, 1.82) is 0 Å². The SMILES string of the molecule is O=C1[C@@H]2Cc3c([nH]c4ccccc34)C(c3ccc([NH+]([O-])O)cc3)N2C(=O)CN1C1CCCCC1. The number of nitrogens with one attached hydrogen (secondary N) is 2. The number of H-pyrrole nitrogens is 1. The largest absolute Gasteiger partial charge is 0.595 e. The number of para-hydroxylation sites is 1. The lowest BCUT2D eigenvalue weighted by atomic mass is 9.85. The van der Waals surface area contributed by atoms with Crippen LogP contribution < -0.4 is 5.23 Å². The van der Waals surface area contributed by atoms with E-state index in [2.05, 4.69) is 11.1 Å². The molecule has 1 saturated heterocycles. The minimum Gasteiger partial charge on any atom is -0.595 e. The van der Waals surface area contributed by atoms with Gasteiger partial charge in [-0.05, 0) is 30.0 Å². The van der Waals surface area contributed by atoms with E-state index in [-0.39, 0.29) is 30.1 Å². The first-order valence-electron chi connectivity index (χ1n) is 12.1. The molecule has 1 aromatic heterocycles. The zero-order valence-corrected chi connectivity index (χ0v) is 18.9. The van der Waals surface area contributed by atoms with Gasteiger partial charge in [-0.15, -0.1) is 0 Å². The molecule has 1 aliphatic carbocycles. The molecule has 3 atom stereocenters. The molecule has 0 bridgehead atoms. The monoisotopic (exact) mass is 460 g/mol. The molecule has 0 spiro atoms. The summed E-state index contributed by atoms with van der Waals surface area (Å²) in [6.07, 6.45) is 5.80. The summed E-state index contributed by atoms with van der Waals surface area (Å²) in [4.78, 5) is 34.6. The maximum absolute atomic E-state index is 13.8. The highest BCUT2D eigenvalue weighted by Gasteiger charge is 2.49. The number of hydrogen-bond donors (Lipinski definition) is 3. The number of quaternary nitrogens is 1. The van der Waals surface area contributed by atoms with Crippen molar-refractivity contribution >= 4 is 28.4 Å². The molecule has 1 saturated carbocycles. The molecular weight excluding hydrogens is 432 g/mol. The summed E-state index contributed by atoms with van der Waals surface area (Å²) >= 11 is 0. The van der Waals surface area contributed by atoms with Gasteiger partial charge in [-0.2, -0.15) is 5.23 Å². The molecule has 2 unspecified atom stereocenters. The Morgan fingerprint density at radius 3 is 2.47 bits per heavy atom. The third-order valence-electron chi connectivity index (χ3n) is 7.78. The molecule has 2 aromatic carbocycles. The number of amides is 2. The van der Waals surface area contributed by atoms with Gasteiger partial charge >= 0.3 is 0 Å². The highest BCUT2D eigenvalue weighted by atomic mass is 16.8. The first-order chi connectivity index (χ1) is 16.5. The van der Waals surface area contributed by atoms with E-state index < -0.39 is 17.3 Å². The quantitative estimate of drug-likeness (QED) is 0.523. The van der Waals surface area contributed by atoms with Crippen LogP contribution in [0.5, 0.6) is 0 Å². The number of nitrogens with zero attached hydrogens (tertiary/aromatic N) is 2. The second-order valence-electron chi connectivity index (χ2n) is 9.67. The fourth-order valence-corrected chi connectivity index (χ4v) is 6.14. The van der Waals surface area contributed by atoms with E-state index >= 15 is 0 Å².